The zero-order valence-corrected chi connectivity index (χ0v) is 17.0. The third-order valence-corrected chi connectivity index (χ3v) is 5.07. The van der Waals surface area contributed by atoms with E-state index in [2.05, 4.69) is 15.6 Å². The molecule has 1 atom stereocenters. The molecule has 1 amide bonds. The number of dihydropyridines is 1. The van der Waals surface area contributed by atoms with Gasteiger partial charge in [0.2, 0.25) is 5.91 Å². The van der Waals surface area contributed by atoms with Gasteiger partial charge in [-0.15, -0.1) is 0 Å². The average Bonchev–Trinajstić information content (AvgIpc) is 2.65. The highest BCUT2D eigenvalue weighted by Gasteiger charge is 2.33. The minimum Gasteiger partial charge on any atom is -0.379 e. The van der Waals surface area contributed by atoms with Gasteiger partial charge in [-0.2, -0.15) is 0 Å². The fraction of sp³-hybridized carbons (Fsp3) is 0.381. The molecule has 1 aliphatic rings. The van der Waals surface area contributed by atoms with E-state index in [0.717, 1.165) is 11.0 Å². The molecule has 29 heavy (non-hydrogen) atoms. The number of rotatable bonds is 5. The van der Waals surface area contributed by atoms with Crippen molar-refractivity contribution in [3.8, 4) is 0 Å². The first-order chi connectivity index (χ1) is 13.6. The molecule has 4 N–H and O–H groups in total. The van der Waals surface area contributed by atoms with Crippen molar-refractivity contribution < 1.29 is 15.0 Å². The number of allylic oxidation sites excluding steroid dienone is 2. The molecule has 0 aromatic carbocycles. The third kappa shape index (κ3) is 4.08. The Morgan fingerprint density at radius 3 is 2.72 bits per heavy atom. The highest BCUT2D eigenvalue weighted by Crippen LogP contribution is 2.28. The van der Waals surface area contributed by atoms with Crippen LogP contribution in [0.2, 0.25) is 0 Å². The van der Waals surface area contributed by atoms with Crippen LogP contribution < -0.4 is 16.2 Å². The van der Waals surface area contributed by atoms with Crippen LogP contribution in [0.15, 0.2) is 41.0 Å². The van der Waals surface area contributed by atoms with E-state index >= 15 is 0 Å². The van der Waals surface area contributed by atoms with Crippen LogP contribution >= 0.6 is 0 Å². The number of hydrogen-bond donors (Lipinski definition) is 4. The summed E-state index contributed by atoms with van der Waals surface area (Å²) < 4.78 is 1.51. The summed E-state index contributed by atoms with van der Waals surface area (Å²) in [5, 5.41) is 26.9. The number of aliphatic hydroxyl groups is 2. The first-order valence-corrected chi connectivity index (χ1v) is 9.51. The topological polar surface area (TPSA) is 116 Å². The van der Waals surface area contributed by atoms with E-state index in [1.165, 1.54) is 11.5 Å². The molecule has 2 aromatic rings. The van der Waals surface area contributed by atoms with Gasteiger partial charge >= 0.3 is 0 Å². The van der Waals surface area contributed by atoms with Crippen LogP contribution in [0, 0.1) is 0 Å². The summed E-state index contributed by atoms with van der Waals surface area (Å²) in [6.45, 7) is 5.11. The van der Waals surface area contributed by atoms with E-state index in [9.17, 15) is 19.8 Å². The van der Waals surface area contributed by atoms with Crippen LogP contribution in [0.5, 0.6) is 0 Å². The quantitative estimate of drug-likeness (QED) is 0.569. The summed E-state index contributed by atoms with van der Waals surface area (Å²) in [4.78, 5) is 28.5. The van der Waals surface area contributed by atoms with E-state index in [1.807, 2.05) is 13.8 Å². The number of nitrogens with zero attached hydrogens (tertiary/aromatic N) is 2. The molecular formula is C21H26N4O4. The number of nitrogens with one attached hydrogen (secondary N) is 2. The number of fused-ring (bicyclic) bond motifs is 1. The summed E-state index contributed by atoms with van der Waals surface area (Å²) in [5.41, 5.74) is 2.38. The molecule has 0 saturated carbocycles. The average molecular weight is 398 g/mol. The van der Waals surface area contributed by atoms with Crippen LogP contribution in [-0.2, 0) is 11.8 Å². The molecule has 0 radical (unpaired) electrons. The number of amides is 1. The first kappa shape index (κ1) is 20.8. The molecule has 8 nitrogen and oxygen atoms in total. The lowest BCUT2D eigenvalue weighted by molar-refractivity contribution is -0.176. The smallest absolute Gasteiger partial charge is 0.258 e. The predicted octanol–water partition coefficient (Wildman–Crippen LogP) is 1.63. The summed E-state index contributed by atoms with van der Waals surface area (Å²) in [5.74, 6) is -1.72. The molecule has 3 rings (SSSR count). The molecule has 2 aromatic heterocycles. The lowest BCUT2D eigenvalue weighted by Crippen LogP contribution is -2.49. The number of carbonyl (C=O) groups is 1. The maximum absolute atomic E-state index is 13.0. The number of aryl methyl sites for hydroxylation is 1. The van der Waals surface area contributed by atoms with Gasteiger partial charge in [0.15, 0.2) is 5.79 Å². The molecule has 0 fully saturated rings. The Bertz CT molecular complexity index is 1080. The lowest BCUT2D eigenvalue weighted by atomic mass is 9.91. The Balaban J connectivity index is 2.02. The molecule has 8 heteroatoms. The van der Waals surface area contributed by atoms with Crippen molar-refractivity contribution in [2.24, 2.45) is 7.05 Å². The monoisotopic (exact) mass is 398 g/mol. The van der Waals surface area contributed by atoms with E-state index in [4.69, 9.17) is 0 Å². The molecule has 1 unspecified atom stereocenters. The molecule has 0 aliphatic carbocycles. The van der Waals surface area contributed by atoms with E-state index in [-0.39, 0.29) is 17.9 Å². The van der Waals surface area contributed by atoms with Crippen molar-refractivity contribution in [1.29, 1.82) is 0 Å². The molecule has 0 spiro atoms. The number of carbonyl (C=O) groups excluding carboxylic acids is 1. The van der Waals surface area contributed by atoms with Crippen LogP contribution in [0.3, 0.4) is 0 Å². The molecule has 1 aliphatic heterocycles. The lowest BCUT2D eigenvalue weighted by Gasteiger charge is -2.32. The Morgan fingerprint density at radius 2 is 2.10 bits per heavy atom. The fourth-order valence-corrected chi connectivity index (χ4v) is 3.56. The maximum atomic E-state index is 13.0. The molecule has 0 saturated heterocycles. The second-order valence-corrected chi connectivity index (χ2v) is 7.41. The maximum Gasteiger partial charge on any atom is 0.258 e. The standard InChI is InChI=1S/C21H26N4O4/c1-5-6-21(28,29)18-7-12(2)16(11-22-18)15-8-14-10-23-19(24-13(3)26)9-17(14)25(4)20(15)27/h7-11,18,22,28-29H,5-6H2,1-4H3,(H,23,24,26). The van der Waals surface area contributed by atoms with E-state index in [1.54, 1.807) is 37.7 Å². The van der Waals surface area contributed by atoms with Crippen molar-refractivity contribution in [2.75, 3.05) is 5.32 Å². The first-order valence-electron chi connectivity index (χ1n) is 9.51. The molecule has 0 bridgehead atoms. The van der Waals surface area contributed by atoms with Gasteiger partial charge in [0.05, 0.1) is 11.6 Å². The van der Waals surface area contributed by atoms with Gasteiger partial charge in [-0.1, -0.05) is 19.4 Å². The molecule has 3 heterocycles. The zero-order valence-electron chi connectivity index (χ0n) is 17.0. The van der Waals surface area contributed by atoms with E-state index in [0.29, 0.717) is 28.9 Å². The van der Waals surface area contributed by atoms with Gasteiger partial charge in [-0.25, -0.2) is 4.98 Å². The minimum absolute atomic E-state index is 0.204. The van der Waals surface area contributed by atoms with Crippen molar-refractivity contribution >= 4 is 28.2 Å². The van der Waals surface area contributed by atoms with Gasteiger partial charge in [0.1, 0.15) is 5.82 Å². The Labute approximate surface area is 168 Å². The third-order valence-electron chi connectivity index (χ3n) is 5.07. The molecule has 154 valence electrons. The highest BCUT2D eigenvalue weighted by molar-refractivity contribution is 5.91. The van der Waals surface area contributed by atoms with Crippen molar-refractivity contribution in [3.05, 3.63) is 52.1 Å². The van der Waals surface area contributed by atoms with Crippen LogP contribution in [-0.4, -0.2) is 37.5 Å². The van der Waals surface area contributed by atoms with Gasteiger partial charge < -0.3 is 25.4 Å². The second kappa shape index (κ2) is 7.81. The van der Waals surface area contributed by atoms with Crippen molar-refractivity contribution in [2.45, 2.75) is 45.4 Å². The fourth-order valence-electron chi connectivity index (χ4n) is 3.56. The number of aromatic nitrogens is 2. The van der Waals surface area contributed by atoms with Crippen LogP contribution in [0.25, 0.3) is 16.5 Å². The number of anilines is 1. The van der Waals surface area contributed by atoms with Gasteiger partial charge in [0.25, 0.3) is 5.56 Å². The van der Waals surface area contributed by atoms with Gasteiger partial charge in [0, 0.05) is 55.4 Å². The number of hydrogen-bond acceptors (Lipinski definition) is 6. The summed E-state index contributed by atoms with van der Waals surface area (Å²) >= 11 is 0. The van der Waals surface area contributed by atoms with Crippen LogP contribution in [0.4, 0.5) is 5.82 Å². The summed E-state index contributed by atoms with van der Waals surface area (Å²) in [7, 11) is 1.66. The number of pyridine rings is 2. The van der Waals surface area contributed by atoms with E-state index < -0.39 is 11.8 Å². The SMILES string of the molecule is CCCC(O)(O)C1C=C(C)C(c2cc3cnc(NC(C)=O)cc3n(C)c2=O)=CN1. The highest BCUT2D eigenvalue weighted by atomic mass is 16.5. The minimum atomic E-state index is -1.86. The summed E-state index contributed by atoms with van der Waals surface area (Å²) in [6, 6.07) is 2.76. The molecular weight excluding hydrogens is 372 g/mol. The Kier molecular flexibility index (Phi) is 5.59. The van der Waals surface area contributed by atoms with Gasteiger partial charge in [-0.3, -0.25) is 9.59 Å². The van der Waals surface area contributed by atoms with Crippen LogP contribution in [0.1, 0.15) is 39.2 Å². The second-order valence-electron chi connectivity index (χ2n) is 7.41. The predicted molar refractivity (Wildman–Crippen MR) is 112 cm³/mol. The largest absolute Gasteiger partial charge is 0.379 e. The Hall–Kier alpha value is -2.97. The zero-order chi connectivity index (χ0) is 21.3. The summed E-state index contributed by atoms with van der Waals surface area (Å²) in [6.07, 6.45) is 5.85. The Morgan fingerprint density at radius 1 is 1.38 bits per heavy atom. The normalized spacial score (nSPS) is 16.8. The van der Waals surface area contributed by atoms with Crippen molar-refractivity contribution in [1.82, 2.24) is 14.9 Å². The van der Waals surface area contributed by atoms with Crippen molar-refractivity contribution in [3.63, 3.8) is 0 Å². The van der Waals surface area contributed by atoms with Gasteiger partial charge in [-0.05, 0) is 18.6 Å².